The van der Waals surface area contributed by atoms with E-state index in [1.165, 1.54) is 0 Å². The lowest BCUT2D eigenvalue weighted by atomic mass is 9.49. The van der Waals surface area contributed by atoms with E-state index in [9.17, 15) is 9.90 Å². The standard InChI is InChI=1S/C21H31NO5/c1-19-7-5-8-20(2,25-3)21(19,24)10-15-16(18(23)27-17(15)11-19)13-22-12-14-6-4-9-26-14/h4,6,9,15-17,22,24H,5,7-8,10-13H2,1-3H3/p+1/t15-,16+,17-,19-,20-,21-/m1/s1. The van der Waals surface area contributed by atoms with Crippen molar-refractivity contribution in [2.45, 2.75) is 69.8 Å². The molecule has 4 rings (SSSR count). The summed E-state index contributed by atoms with van der Waals surface area (Å²) < 4.78 is 17.0. The smallest absolute Gasteiger partial charge is 0.315 e. The van der Waals surface area contributed by atoms with Gasteiger partial charge in [-0.1, -0.05) is 6.92 Å². The number of ether oxygens (including phenoxy) is 2. The van der Waals surface area contributed by atoms with Crippen LogP contribution in [0, 0.1) is 17.3 Å². The third-order valence-electron chi connectivity index (χ3n) is 7.80. The minimum absolute atomic E-state index is 0.0380. The van der Waals surface area contributed by atoms with Gasteiger partial charge in [-0.2, -0.15) is 0 Å². The highest BCUT2D eigenvalue weighted by Crippen LogP contribution is 2.61. The van der Waals surface area contributed by atoms with Crippen molar-refractivity contribution < 1.29 is 29.1 Å². The third kappa shape index (κ3) is 2.84. The quantitative estimate of drug-likeness (QED) is 0.761. The van der Waals surface area contributed by atoms with E-state index in [1.807, 2.05) is 19.1 Å². The lowest BCUT2D eigenvalue weighted by Crippen LogP contribution is -2.84. The zero-order valence-electron chi connectivity index (χ0n) is 16.6. The average molecular weight is 378 g/mol. The largest absolute Gasteiger partial charge is 0.463 e. The van der Waals surface area contributed by atoms with E-state index in [4.69, 9.17) is 13.9 Å². The number of carbonyl (C=O) groups excluding carboxylic acids is 1. The van der Waals surface area contributed by atoms with Gasteiger partial charge in [0.25, 0.3) is 0 Å². The van der Waals surface area contributed by atoms with Crippen molar-refractivity contribution in [3.63, 3.8) is 0 Å². The Labute approximate surface area is 160 Å². The van der Waals surface area contributed by atoms with Crippen LogP contribution >= 0.6 is 0 Å². The van der Waals surface area contributed by atoms with E-state index in [0.29, 0.717) is 25.9 Å². The van der Waals surface area contributed by atoms with Crippen LogP contribution in [-0.2, 0) is 20.8 Å². The maximum atomic E-state index is 12.6. The molecule has 0 spiro atoms. The molecule has 2 aliphatic carbocycles. The Morgan fingerprint density at radius 2 is 2.15 bits per heavy atom. The number of nitrogens with two attached hydrogens (primary N) is 1. The molecule has 1 aromatic heterocycles. The maximum Gasteiger partial charge on any atom is 0.315 e. The van der Waals surface area contributed by atoms with Gasteiger partial charge in [-0.15, -0.1) is 0 Å². The highest BCUT2D eigenvalue weighted by molar-refractivity contribution is 5.75. The molecule has 6 atom stereocenters. The SMILES string of the molecule is CO[C@]1(C)CCC[C@]2(C)C[C@H]3OC(=O)[C@@H](C[NH2+]Cc4ccco4)[C@H]3C[C@@]21O. The van der Waals surface area contributed by atoms with Crippen molar-refractivity contribution in [1.82, 2.24) is 0 Å². The number of aliphatic hydroxyl groups is 1. The predicted octanol–water partition coefficient (Wildman–Crippen LogP) is 1.62. The van der Waals surface area contributed by atoms with Crippen LogP contribution in [-0.4, -0.2) is 42.0 Å². The summed E-state index contributed by atoms with van der Waals surface area (Å²) in [5, 5.41) is 14.0. The van der Waals surface area contributed by atoms with Crippen LogP contribution in [0.5, 0.6) is 0 Å². The Kier molecular flexibility index (Phi) is 4.64. The molecule has 27 heavy (non-hydrogen) atoms. The second-order valence-electron chi connectivity index (χ2n) is 9.17. The van der Waals surface area contributed by atoms with E-state index in [0.717, 1.165) is 25.0 Å². The van der Waals surface area contributed by atoms with E-state index in [1.54, 1.807) is 13.4 Å². The molecule has 3 fully saturated rings. The van der Waals surface area contributed by atoms with Gasteiger partial charge in [0.05, 0.1) is 24.0 Å². The molecule has 6 nitrogen and oxygen atoms in total. The number of methoxy groups -OCH3 is 1. The Hall–Kier alpha value is -1.37. The molecule has 2 heterocycles. The van der Waals surface area contributed by atoms with Gasteiger partial charge in [0.15, 0.2) is 5.76 Å². The Bertz CT molecular complexity index is 691. The van der Waals surface area contributed by atoms with Gasteiger partial charge < -0.3 is 24.3 Å². The first-order valence-electron chi connectivity index (χ1n) is 10.1. The first kappa shape index (κ1) is 19.0. The number of carbonyl (C=O) groups is 1. The molecule has 3 N–H and O–H groups in total. The predicted molar refractivity (Wildman–Crippen MR) is 97.6 cm³/mol. The molecule has 1 aliphatic heterocycles. The van der Waals surface area contributed by atoms with Gasteiger partial charge in [0.2, 0.25) is 0 Å². The van der Waals surface area contributed by atoms with Crippen LogP contribution < -0.4 is 5.32 Å². The van der Waals surface area contributed by atoms with Crippen molar-refractivity contribution in [2.75, 3.05) is 13.7 Å². The molecule has 0 radical (unpaired) electrons. The second-order valence-corrected chi connectivity index (χ2v) is 9.17. The number of fused-ring (bicyclic) bond motifs is 2. The van der Waals surface area contributed by atoms with Crippen LogP contribution in [0.2, 0.25) is 0 Å². The Balaban J connectivity index is 1.52. The lowest BCUT2D eigenvalue weighted by molar-refractivity contribution is -0.676. The monoisotopic (exact) mass is 378 g/mol. The zero-order chi connectivity index (χ0) is 19.3. The Morgan fingerprint density at radius 1 is 1.33 bits per heavy atom. The summed E-state index contributed by atoms with van der Waals surface area (Å²) in [5.41, 5.74) is -1.81. The molecule has 6 heteroatoms. The van der Waals surface area contributed by atoms with Gasteiger partial charge in [-0.25, -0.2) is 0 Å². The summed E-state index contributed by atoms with van der Waals surface area (Å²) >= 11 is 0. The van der Waals surface area contributed by atoms with Crippen molar-refractivity contribution in [3.8, 4) is 0 Å². The van der Waals surface area contributed by atoms with E-state index in [2.05, 4.69) is 12.2 Å². The second kappa shape index (κ2) is 6.61. The fourth-order valence-electron chi connectivity index (χ4n) is 5.99. The molecule has 1 aromatic rings. The van der Waals surface area contributed by atoms with E-state index >= 15 is 0 Å². The summed E-state index contributed by atoms with van der Waals surface area (Å²) in [7, 11) is 1.70. The molecular formula is C21H32NO5+. The first-order valence-corrected chi connectivity index (χ1v) is 10.1. The first-order chi connectivity index (χ1) is 12.8. The van der Waals surface area contributed by atoms with Crippen molar-refractivity contribution >= 4 is 5.97 Å². The number of quaternary nitrogens is 1. The van der Waals surface area contributed by atoms with Crippen molar-refractivity contribution in [3.05, 3.63) is 24.2 Å². The lowest BCUT2D eigenvalue weighted by Gasteiger charge is -2.61. The minimum Gasteiger partial charge on any atom is -0.463 e. The Morgan fingerprint density at radius 3 is 2.85 bits per heavy atom. The third-order valence-corrected chi connectivity index (χ3v) is 7.80. The molecule has 1 saturated heterocycles. The summed E-state index contributed by atoms with van der Waals surface area (Å²) in [5.74, 6) is 0.621. The minimum atomic E-state index is -0.943. The molecule has 0 aromatic carbocycles. The van der Waals surface area contributed by atoms with Crippen molar-refractivity contribution in [2.24, 2.45) is 17.3 Å². The molecule has 2 saturated carbocycles. The highest BCUT2D eigenvalue weighted by Gasteiger charge is 2.67. The molecule has 3 aliphatic rings. The number of hydrogen-bond donors (Lipinski definition) is 2. The molecule has 0 bridgehead atoms. The number of rotatable bonds is 5. The summed E-state index contributed by atoms with van der Waals surface area (Å²) in [6.07, 6.45) is 5.65. The molecule has 150 valence electrons. The molecular weight excluding hydrogens is 346 g/mol. The van der Waals surface area contributed by atoms with Gasteiger partial charge >= 0.3 is 5.97 Å². The maximum absolute atomic E-state index is 12.6. The number of esters is 1. The average Bonchev–Trinajstić information content (AvgIpc) is 3.23. The molecule has 0 amide bonds. The normalized spacial score (nSPS) is 43.9. The number of furan rings is 1. The summed E-state index contributed by atoms with van der Waals surface area (Å²) in [6.45, 7) is 5.52. The fraction of sp³-hybridized carbons (Fsp3) is 0.762. The summed E-state index contributed by atoms with van der Waals surface area (Å²) in [6, 6.07) is 3.81. The van der Waals surface area contributed by atoms with Crippen LogP contribution in [0.15, 0.2) is 22.8 Å². The van der Waals surface area contributed by atoms with E-state index < -0.39 is 11.2 Å². The fourth-order valence-corrected chi connectivity index (χ4v) is 5.99. The van der Waals surface area contributed by atoms with Crippen molar-refractivity contribution in [1.29, 1.82) is 0 Å². The summed E-state index contributed by atoms with van der Waals surface area (Å²) in [4.78, 5) is 12.6. The van der Waals surface area contributed by atoms with Crippen LogP contribution in [0.3, 0.4) is 0 Å². The topological polar surface area (TPSA) is 85.5 Å². The van der Waals surface area contributed by atoms with Gasteiger partial charge in [0.1, 0.15) is 18.6 Å². The highest BCUT2D eigenvalue weighted by atomic mass is 16.6. The molecule has 0 unspecified atom stereocenters. The van der Waals surface area contributed by atoms with Gasteiger partial charge in [0, 0.05) is 18.4 Å². The van der Waals surface area contributed by atoms with Crippen LogP contribution in [0.25, 0.3) is 0 Å². The van der Waals surface area contributed by atoms with Gasteiger partial charge in [-0.3, -0.25) is 4.79 Å². The van der Waals surface area contributed by atoms with Crippen LogP contribution in [0.1, 0.15) is 51.7 Å². The van der Waals surface area contributed by atoms with E-state index in [-0.39, 0.29) is 29.3 Å². The van der Waals surface area contributed by atoms with Gasteiger partial charge in [-0.05, 0) is 51.2 Å². The van der Waals surface area contributed by atoms with Crippen LogP contribution in [0.4, 0.5) is 0 Å². The zero-order valence-corrected chi connectivity index (χ0v) is 16.6. The number of hydrogen-bond acceptors (Lipinski definition) is 5.